The van der Waals surface area contributed by atoms with Crippen LogP contribution in [-0.2, 0) is 22.9 Å². The van der Waals surface area contributed by atoms with Crippen LogP contribution in [0.3, 0.4) is 0 Å². The number of para-hydroxylation sites is 1. The molecule has 32 heavy (non-hydrogen) atoms. The first kappa shape index (κ1) is 22.0. The molecule has 0 saturated carbocycles. The van der Waals surface area contributed by atoms with E-state index in [2.05, 4.69) is 10.4 Å². The highest BCUT2D eigenvalue weighted by molar-refractivity contribution is 7.89. The van der Waals surface area contributed by atoms with E-state index in [4.69, 9.17) is 4.74 Å². The van der Waals surface area contributed by atoms with Crippen molar-refractivity contribution in [2.75, 3.05) is 26.0 Å². The molecule has 3 aromatic rings. The zero-order valence-electron chi connectivity index (χ0n) is 18.3. The van der Waals surface area contributed by atoms with Crippen molar-refractivity contribution >= 4 is 21.6 Å². The second-order valence-electron chi connectivity index (χ2n) is 7.71. The number of benzene rings is 2. The summed E-state index contributed by atoms with van der Waals surface area (Å²) in [4.78, 5) is 13.1. The molecule has 168 valence electrons. The molecule has 0 bridgehead atoms. The van der Waals surface area contributed by atoms with Gasteiger partial charge >= 0.3 is 0 Å². The molecule has 0 atom stereocenters. The van der Waals surface area contributed by atoms with Gasteiger partial charge in [0, 0.05) is 31.0 Å². The van der Waals surface area contributed by atoms with Crippen LogP contribution in [0.5, 0.6) is 5.75 Å². The number of rotatable bonds is 7. The highest BCUT2D eigenvalue weighted by atomic mass is 32.2. The van der Waals surface area contributed by atoms with Gasteiger partial charge in [-0.3, -0.25) is 4.79 Å². The Morgan fingerprint density at radius 3 is 2.59 bits per heavy atom. The predicted molar refractivity (Wildman–Crippen MR) is 122 cm³/mol. The zero-order valence-corrected chi connectivity index (χ0v) is 19.1. The third-order valence-electron chi connectivity index (χ3n) is 5.41. The lowest BCUT2D eigenvalue weighted by molar-refractivity contribution is 0.102. The number of amides is 1. The van der Waals surface area contributed by atoms with Crippen LogP contribution in [0.15, 0.2) is 53.4 Å². The molecule has 2 aromatic carbocycles. The smallest absolute Gasteiger partial charge is 0.276 e. The predicted octanol–water partition coefficient (Wildman–Crippen LogP) is 3.26. The lowest BCUT2D eigenvalue weighted by Gasteiger charge is -2.16. The molecule has 1 aromatic heterocycles. The average molecular weight is 455 g/mol. The number of nitrogens with zero attached hydrogens (tertiary/aromatic N) is 3. The Morgan fingerprint density at radius 1 is 1.16 bits per heavy atom. The largest absolute Gasteiger partial charge is 0.492 e. The first-order valence-electron chi connectivity index (χ1n) is 10.5. The van der Waals surface area contributed by atoms with Crippen molar-refractivity contribution in [3.63, 3.8) is 0 Å². The van der Waals surface area contributed by atoms with E-state index in [1.165, 1.54) is 20.2 Å². The summed E-state index contributed by atoms with van der Waals surface area (Å²) in [6.45, 7) is 2.11. The molecule has 0 fully saturated rings. The summed E-state index contributed by atoms with van der Waals surface area (Å²) in [6.07, 6.45) is 2.61. The van der Waals surface area contributed by atoms with Crippen molar-refractivity contribution < 1.29 is 17.9 Å². The summed E-state index contributed by atoms with van der Waals surface area (Å²) in [6, 6.07) is 14.3. The quantitative estimate of drug-likeness (QED) is 0.591. The summed E-state index contributed by atoms with van der Waals surface area (Å²) in [5, 5.41) is 7.42. The first-order chi connectivity index (χ1) is 15.3. The topological polar surface area (TPSA) is 93.5 Å². The minimum atomic E-state index is -3.76. The Bertz CT molecular complexity index is 1250. The highest BCUT2D eigenvalue weighted by Gasteiger charge is 2.28. The summed E-state index contributed by atoms with van der Waals surface area (Å²) < 4.78 is 34.0. The van der Waals surface area contributed by atoms with Gasteiger partial charge in [-0.25, -0.2) is 17.4 Å². The van der Waals surface area contributed by atoms with Crippen LogP contribution in [-0.4, -0.2) is 49.1 Å². The number of nitrogens with one attached hydrogen (secondary N) is 1. The molecule has 0 saturated heterocycles. The maximum atomic E-state index is 13.1. The molecule has 8 nitrogen and oxygen atoms in total. The van der Waals surface area contributed by atoms with Gasteiger partial charge in [0.05, 0.1) is 12.3 Å². The van der Waals surface area contributed by atoms with Crippen LogP contribution >= 0.6 is 0 Å². The number of hydrogen-bond acceptors (Lipinski definition) is 5. The van der Waals surface area contributed by atoms with E-state index in [1.54, 1.807) is 19.1 Å². The maximum absolute atomic E-state index is 13.1. The lowest BCUT2D eigenvalue weighted by atomic mass is 10.2. The minimum Gasteiger partial charge on any atom is -0.492 e. The summed E-state index contributed by atoms with van der Waals surface area (Å²) in [5.74, 6) is -0.122. The van der Waals surface area contributed by atoms with Crippen molar-refractivity contribution in [1.82, 2.24) is 14.1 Å². The molecule has 1 aliphatic carbocycles. The van der Waals surface area contributed by atoms with Gasteiger partial charge in [0.25, 0.3) is 5.91 Å². The minimum absolute atomic E-state index is 0.00203. The number of hydrogen-bond donors (Lipinski definition) is 1. The lowest BCUT2D eigenvalue weighted by Crippen LogP contribution is -2.23. The van der Waals surface area contributed by atoms with Crippen LogP contribution in [0.2, 0.25) is 0 Å². The number of carbonyl (C=O) groups is 1. The van der Waals surface area contributed by atoms with Gasteiger partial charge in [0.15, 0.2) is 5.69 Å². The molecule has 1 heterocycles. The maximum Gasteiger partial charge on any atom is 0.276 e. The second kappa shape index (κ2) is 8.76. The number of aromatic nitrogens is 2. The van der Waals surface area contributed by atoms with E-state index in [9.17, 15) is 13.2 Å². The van der Waals surface area contributed by atoms with E-state index in [0.29, 0.717) is 18.0 Å². The fraction of sp³-hybridized carbons (Fsp3) is 0.304. The van der Waals surface area contributed by atoms with Crippen LogP contribution in [0.1, 0.15) is 35.1 Å². The Kier molecular flexibility index (Phi) is 6.03. The number of sulfonamides is 1. The van der Waals surface area contributed by atoms with Crippen molar-refractivity contribution in [2.45, 2.75) is 31.1 Å². The normalized spacial score (nSPS) is 13.2. The summed E-state index contributed by atoms with van der Waals surface area (Å²) >= 11 is 0. The van der Waals surface area contributed by atoms with Gasteiger partial charge in [-0.1, -0.05) is 18.2 Å². The summed E-state index contributed by atoms with van der Waals surface area (Å²) in [5.41, 5.74) is 3.62. The molecular formula is C23H26N4O4S. The van der Waals surface area contributed by atoms with Crippen molar-refractivity contribution in [3.05, 3.63) is 65.5 Å². The highest BCUT2D eigenvalue weighted by Crippen LogP contribution is 2.31. The Labute approximate surface area is 187 Å². The monoisotopic (exact) mass is 454 g/mol. The Balaban J connectivity index is 1.68. The molecular weight excluding hydrogens is 428 g/mol. The standard InChI is InChI=1S/C23H26N4O4S/c1-4-31-20-14-13-16(15-21(20)32(29,30)26(2)3)24-23(28)22-18-11-8-12-19(18)27(25-22)17-9-6-5-7-10-17/h5-7,9-10,13-15H,4,8,11-12H2,1-3H3,(H,24,28). The van der Waals surface area contributed by atoms with Gasteiger partial charge in [-0.2, -0.15) is 5.10 Å². The van der Waals surface area contributed by atoms with Crippen LogP contribution in [0.25, 0.3) is 5.69 Å². The van der Waals surface area contributed by atoms with E-state index in [-0.39, 0.29) is 16.6 Å². The van der Waals surface area contributed by atoms with Crippen molar-refractivity contribution in [1.29, 1.82) is 0 Å². The second-order valence-corrected chi connectivity index (χ2v) is 9.83. The number of anilines is 1. The molecule has 0 spiro atoms. The van der Waals surface area contributed by atoms with Crippen LogP contribution in [0, 0.1) is 0 Å². The van der Waals surface area contributed by atoms with Crippen LogP contribution < -0.4 is 10.1 Å². The first-order valence-corrected chi connectivity index (χ1v) is 11.9. The van der Waals surface area contributed by atoms with Gasteiger partial charge in [-0.15, -0.1) is 0 Å². The van der Waals surface area contributed by atoms with E-state index in [1.807, 2.05) is 35.0 Å². The Hall–Kier alpha value is -3.17. The SMILES string of the molecule is CCOc1ccc(NC(=O)c2nn(-c3ccccc3)c3c2CCC3)cc1S(=O)(=O)N(C)C. The van der Waals surface area contributed by atoms with Gasteiger partial charge in [-0.05, 0) is 56.5 Å². The van der Waals surface area contributed by atoms with Gasteiger partial charge in [0.2, 0.25) is 10.0 Å². The number of fused-ring (bicyclic) bond motifs is 1. The average Bonchev–Trinajstić information content (AvgIpc) is 3.38. The molecule has 4 rings (SSSR count). The molecule has 0 aliphatic heterocycles. The fourth-order valence-electron chi connectivity index (χ4n) is 3.85. The molecule has 9 heteroatoms. The number of carbonyl (C=O) groups excluding carboxylic acids is 1. The molecule has 1 N–H and O–H groups in total. The number of ether oxygens (including phenoxy) is 1. The zero-order chi connectivity index (χ0) is 22.9. The van der Waals surface area contributed by atoms with E-state index in [0.717, 1.165) is 40.5 Å². The Morgan fingerprint density at radius 2 is 1.91 bits per heavy atom. The molecule has 0 unspecified atom stereocenters. The third-order valence-corrected chi connectivity index (χ3v) is 7.24. The summed E-state index contributed by atoms with van der Waals surface area (Å²) in [7, 11) is -0.848. The van der Waals surface area contributed by atoms with Gasteiger partial charge in [0.1, 0.15) is 10.6 Å². The van der Waals surface area contributed by atoms with E-state index < -0.39 is 10.0 Å². The van der Waals surface area contributed by atoms with Gasteiger partial charge < -0.3 is 10.1 Å². The fourth-order valence-corrected chi connectivity index (χ4v) is 4.90. The van der Waals surface area contributed by atoms with Crippen LogP contribution in [0.4, 0.5) is 5.69 Å². The molecule has 1 amide bonds. The third kappa shape index (κ3) is 4.01. The molecule has 1 aliphatic rings. The van der Waals surface area contributed by atoms with E-state index >= 15 is 0 Å². The van der Waals surface area contributed by atoms with Crippen molar-refractivity contribution in [3.8, 4) is 11.4 Å². The van der Waals surface area contributed by atoms with Crippen molar-refractivity contribution in [2.24, 2.45) is 0 Å². The molecule has 0 radical (unpaired) electrons.